The molecule has 2 heterocycles. The summed E-state index contributed by atoms with van der Waals surface area (Å²) in [5.74, 6) is -0.335. The van der Waals surface area contributed by atoms with Crippen LogP contribution in [0.4, 0.5) is 4.39 Å². The lowest BCUT2D eigenvalue weighted by Gasteiger charge is -2.18. The highest BCUT2D eigenvalue weighted by Crippen LogP contribution is 2.20. The molecule has 2 rings (SSSR count). The van der Waals surface area contributed by atoms with Crippen LogP contribution in [0.15, 0.2) is 36.9 Å². The topological polar surface area (TPSA) is 50.7 Å². The van der Waals surface area contributed by atoms with E-state index in [-0.39, 0.29) is 11.9 Å². The molecule has 0 aliphatic rings. The first-order valence-electron chi connectivity index (χ1n) is 5.91. The number of nitrogens with zero attached hydrogens (tertiary/aromatic N) is 3. The first kappa shape index (κ1) is 12.6. The molecule has 0 saturated heterocycles. The molecule has 1 unspecified atom stereocenters. The maximum atomic E-state index is 13.2. The van der Waals surface area contributed by atoms with E-state index in [1.165, 1.54) is 12.3 Å². The number of hydrogen-bond donors (Lipinski definition) is 1. The number of nitrogens with one attached hydrogen (secondary N) is 1. The summed E-state index contributed by atoms with van der Waals surface area (Å²) >= 11 is 0. The van der Waals surface area contributed by atoms with Crippen molar-refractivity contribution < 1.29 is 4.39 Å². The van der Waals surface area contributed by atoms with Crippen LogP contribution in [0.3, 0.4) is 0 Å². The molecule has 0 amide bonds. The largest absolute Gasteiger partial charge is 0.306 e. The molecule has 0 aromatic carbocycles. The van der Waals surface area contributed by atoms with Crippen LogP contribution >= 0.6 is 0 Å². The van der Waals surface area contributed by atoms with E-state index in [4.69, 9.17) is 0 Å². The Morgan fingerprint density at radius 1 is 1.22 bits per heavy atom. The third kappa shape index (κ3) is 3.07. The lowest BCUT2D eigenvalue weighted by atomic mass is 10.0. The van der Waals surface area contributed by atoms with E-state index in [9.17, 15) is 4.39 Å². The van der Waals surface area contributed by atoms with E-state index in [1.807, 2.05) is 6.07 Å². The number of pyridine rings is 1. The molecule has 0 radical (unpaired) electrons. The molecule has 1 atom stereocenters. The molecule has 0 saturated carbocycles. The molecular formula is C13H15FN4. The van der Waals surface area contributed by atoms with Crippen molar-refractivity contribution in [1.82, 2.24) is 20.5 Å². The van der Waals surface area contributed by atoms with E-state index >= 15 is 0 Å². The van der Waals surface area contributed by atoms with Crippen molar-refractivity contribution in [2.45, 2.75) is 19.4 Å². The molecule has 2 aromatic rings. The lowest BCUT2D eigenvalue weighted by molar-refractivity contribution is 0.578. The molecule has 0 bridgehead atoms. The Kier molecular flexibility index (Phi) is 4.30. The van der Waals surface area contributed by atoms with Crippen molar-refractivity contribution >= 4 is 0 Å². The number of aromatic nitrogens is 3. The zero-order chi connectivity index (χ0) is 12.8. The van der Waals surface area contributed by atoms with Gasteiger partial charge in [0.2, 0.25) is 0 Å². The molecule has 0 fully saturated rings. The zero-order valence-electron chi connectivity index (χ0n) is 10.2. The van der Waals surface area contributed by atoms with Gasteiger partial charge in [0.1, 0.15) is 5.82 Å². The van der Waals surface area contributed by atoms with Gasteiger partial charge < -0.3 is 5.32 Å². The predicted octanol–water partition coefficient (Wildman–Crippen LogP) is 2.10. The van der Waals surface area contributed by atoms with Gasteiger partial charge in [-0.1, -0.05) is 6.92 Å². The van der Waals surface area contributed by atoms with Crippen LogP contribution in [-0.2, 0) is 0 Å². The highest BCUT2D eigenvalue weighted by Gasteiger charge is 2.14. The Bertz CT molecular complexity index is 489. The van der Waals surface area contributed by atoms with Crippen LogP contribution in [0.2, 0.25) is 0 Å². The van der Waals surface area contributed by atoms with Crippen molar-refractivity contribution in [2.75, 3.05) is 6.54 Å². The molecule has 0 aliphatic carbocycles. The highest BCUT2D eigenvalue weighted by molar-refractivity contribution is 5.27. The summed E-state index contributed by atoms with van der Waals surface area (Å²) in [7, 11) is 0. The molecule has 4 nitrogen and oxygen atoms in total. The van der Waals surface area contributed by atoms with Crippen LogP contribution in [0, 0.1) is 5.82 Å². The Labute approximate surface area is 105 Å². The number of hydrogen-bond acceptors (Lipinski definition) is 4. The summed E-state index contributed by atoms with van der Waals surface area (Å²) in [5.41, 5.74) is 1.74. The quantitative estimate of drug-likeness (QED) is 0.877. The molecule has 94 valence electrons. The second kappa shape index (κ2) is 6.16. The number of halogens is 1. The summed E-state index contributed by atoms with van der Waals surface area (Å²) in [6.45, 7) is 2.92. The van der Waals surface area contributed by atoms with Gasteiger partial charge >= 0.3 is 0 Å². The zero-order valence-corrected chi connectivity index (χ0v) is 10.2. The van der Waals surface area contributed by atoms with Crippen LogP contribution in [0.25, 0.3) is 0 Å². The first-order chi connectivity index (χ1) is 8.81. The fourth-order valence-electron chi connectivity index (χ4n) is 1.77. The van der Waals surface area contributed by atoms with E-state index in [0.717, 1.165) is 24.1 Å². The molecular weight excluding hydrogens is 231 g/mol. The predicted molar refractivity (Wildman–Crippen MR) is 66.4 cm³/mol. The number of rotatable bonds is 5. The average molecular weight is 246 g/mol. The molecule has 0 aliphatic heterocycles. The summed E-state index contributed by atoms with van der Waals surface area (Å²) in [6.07, 6.45) is 7.17. The minimum absolute atomic E-state index is 0.108. The SMILES string of the molecule is CCCNC(c1ccnnc1)c1cncc(F)c1. The Morgan fingerprint density at radius 3 is 2.78 bits per heavy atom. The van der Waals surface area contributed by atoms with Gasteiger partial charge in [0.05, 0.1) is 18.4 Å². The van der Waals surface area contributed by atoms with Gasteiger partial charge in [-0.25, -0.2) is 4.39 Å². The van der Waals surface area contributed by atoms with Crippen molar-refractivity contribution in [2.24, 2.45) is 0 Å². The Balaban J connectivity index is 2.31. The fourth-order valence-corrected chi connectivity index (χ4v) is 1.77. The van der Waals surface area contributed by atoms with E-state index in [1.54, 1.807) is 18.6 Å². The maximum Gasteiger partial charge on any atom is 0.141 e. The second-order valence-electron chi connectivity index (χ2n) is 4.00. The van der Waals surface area contributed by atoms with Crippen LogP contribution in [0.5, 0.6) is 0 Å². The van der Waals surface area contributed by atoms with Gasteiger partial charge in [-0.3, -0.25) is 4.98 Å². The third-order valence-corrected chi connectivity index (χ3v) is 2.60. The summed E-state index contributed by atoms with van der Waals surface area (Å²) in [4.78, 5) is 3.89. The minimum atomic E-state index is -0.335. The van der Waals surface area contributed by atoms with Crippen LogP contribution in [-0.4, -0.2) is 21.7 Å². The van der Waals surface area contributed by atoms with Gasteiger partial charge in [-0.05, 0) is 36.2 Å². The van der Waals surface area contributed by atoms with Gasteiger partial charge in [0.25, 0.3) is 0 Å². The van der Waals surface area contributed by atoms with Crippen LogP contribution in [0.1, 0.15) is 30.5 Å². The average Bonchev–Trinajstić information content (AvgIpc) is 2.40. The maximum absolute atomic E-state index is 13.2. The van der Waals surface area contributed by atoms with Gasteiger partial charge in [-0.15, -0.1) is 0 Å². The second-order valence-corrected chi connectivity index (χ2v) is 4.00. The van der Waals surface area contributed by atoms with Crippen LogP contribution < -0.4 is 5.32 Å². The first-order valence-corrected chi connectivity index (χ1v) is 5.91. The van der Waals surface area contributed by atoms with E-state index in [0.29, 0.717) is 0 Å². The fraction of sp³-hybridized carbons (Fsp3) is 0.308. The van der Waals surface area contributed by atoms with Crippen molar-refractivity contribution in [3.8, 4) is 0 Å². The van der Waals surface area contributed by atoms with Gasteiger partial charge in [0, 0.05) is 12.4 Å². The summed E-state index contributed by atoms with van der Waals surface area (Å²) in [5, 5.41) is 11.0. The van der Waals surface area contributed by atoms with Crippen molar-refractivity contribution in [3.05, 3.63) is 53.9 Å². The van der Waals surface area contributed by atoms with Gasteiger partial charge in [0.15, 0.2) is 0 Å². The summed E-state index contributed by atoms with van der Waals surface area (Å²) < 4.78 is 13.2. The molecule has 0 spiro atoms. The molecule has 2 aromatic heterocycles. The standard InChI is InChI=1S/C13H15FN4/c1-2-4-16-13(10-3-5-17-18-8-10)11-6-12(14)9-15-7-11/h3,5-9,13,16H,2,4H2,1H3. The minimum Gasteiger partial charge on any atom is -0.306 e. The Morgan fingerprint density at radius 2 is 2.11 bits per heavy atom. The van der Waals surface area contributed by atoms with E-state index < -0.39 is 0 Å². The van der Waals surface area contributed by atoms with E-state index in [2.05, 4.69) is 27.4 Å². The van der Waals surface area contributed by atoms with Crippen molar-refractivity contribution in [1.29, 1.82) is 0 Å². The van der Waals surface area contributed by atoms with Crippen molar-refractivity contribution in [3.63, 3.8) is 0 Å². The normalized spacial score (nSPS) is 12.3. The summed E-state index contributed by atoms with van der Waals surface area (Å²) in [6, 6.07) is 3.25. The smallest absolute Gasteiger partial charge is 0.141 e. The molecule has 1 N–H and O–H groups in total. The highest BCUT2D eigenvalue weighted by atomic mass is 19.1. The lowest BCUT2D eigenvalue weighted by Crippen LogP contribution is -2.23. The third-order valence-electron chi connectivity index (χ3n) is 2.60. The molecule has 18 heavy (non-hydrogen) atoms. The van der Waals surface area contributed by atoms with Gasteiger partial charge in [-0.2, -0.15) is 10.2 Å². The Hall–Kier alpha value is -1.88. The molecule has 5 heteroatoms. The monoisotopic (exact) mass is 246 g/mol.